The molecule has 0 atom stereocenters. The zero-order valence-electron chi connectivity index (χ0n) is 11.4. The summed E-state index contributed by atoms with van der Waals surface area (Å²) in [7, 11) is 0. The van der Waals surface area contributed by atoms with Crippen LogP contribution in [0.2, 0.25) is 5.02 Å². The first-order chi connectivity index (χ1) is 10.3. The normalized spacial score (nSPS) is 11.7. The maximum atomic E-state index is 6.15. The van der Waals surface area contributed by atoms with Crippen molar-refractivity contribution in [2.24, 2.45) is 0 Å². The van der Waals surface area contributed by atoms with Crippen LogP contribution in [0, 0.1) is 0 Å². The molecule has 0 radical (unpaired) electrons. The molecule has 0 unspecified atom stereocenters. The summed E-state index contributed by atoms with van der Waals surface area (Å²) in [6, 6.07) is 13.8. The maximum Gasteiger partial charge on any atom is 0.160 e. The molecule has 0 aliphatic rings. The molecule has 2 aromatic carbocycles. The van der Waals surface area contributed by atoms with Crippen LogP contribution in [0.1, 0.15) is 0 Å². The highest BCUT2D eigenvalue weighted by Gasteiger charge is 2.14. The average molecular weight is 298 g/mol. The Balaban J connectivity index is 2.22. The van der Waals surface area contributed by atoms with Crippen molar-refractivity contribution in [1.82, 2.24) is 14.5 Å². The topological polar surface area (TPSA) is 58.4 Å². The van der Waals surface area contributed by atoms with E-state index in [0.717, 1.165) is 46.2 Å². The summed E-state index contributed by atoms with van der Waals surface area (Å²) in [5.74, 6) is 0. The molecule has 0 amide bonds. The molecule has 0 bridgehead atoms. The molecule has 2 heterocycles. The van der Waals surface area contributed by atoms with Crippen molar-refractivity contribution in [3.8, 4) is 0 Å². The predicted octanol–water partition coefficient (Wildman–Crippen LogP) is 2.63. The van der Waals surface area contributed by atoms with Gasteiger partial charge in [-0.1, -0.05) is 23.7 Å². The lowest BCUT2D eigenvalue weighted by atomic mass is 10.2. The molecule has 4 rings (SSSR count). The third kappa shape index (κ3) is 1.87. The molecule has 0 saturated carbocycles. The molecular formula is C16H14ClN4+. The van der Waals surface area contributed by atoms with E-state index >= 15 is 0 Å². The van der Waals surface area contributed by atoms with Gasteiger partial charge in [-0.15, -0.1) is 0 Å². The smallest absolute Gasteiger partial charge is 0.160 e. The molecule has 2 aromatic heterocycles. The number of quaternary nitrogens is 1. The number of benzene rings is 2. The second-order valence-electron chi connectivity index (χ2n) is 5.05. The third-order valence-electron chi connectivity index (χ3n) is 3.69. The number of fused-ring (bicyclic) bond motifs is 4. The Hall–Kier alpha value is -2.17. The van der Waals surface area contributed by atoms with E-state index < -0.39 is 0 Å². The van der Waals surface area contributed by atoms with Crippen LogP contribution in [-0.2, 0) is 6.54 Å². The van der Waals surface area contributed by atoms with Gasteiger partial charge in [0.15, 0.2) is 5.65 Å². The van der Waals surface area contributed by atoms with Crippen LogP contribution >= 0.6 is 11.6 Å². The Bertz CT molecular complexity index is 974. The molecule has 4 nitrogen and oxygen atoms in total. The second-order valence-corrected chi connectivity index (χ2v) is 5.49. The van der Waals surface area contributed by atoms with Crippen LogP contribution in [0.4, 0.5) is 0 Å². The highest BCUT2D eigenvalue weighted by atomic mass is 35.5. The third-order valence-corrected chi connectivity index (χ3v) is 3.93. The zero-order chi connectivity index (χ0) is 14.4. The summed E-state index contributed by atoms with van der Waals surface area (Å²) in [5.41, 5.74) is 8.67. The molecule has 0 spiro atoms. The van der Waals surface area contributed by atoms with E-state index in [4.69, 9.17) is 21.6 Å². The van der Waals surface area contributed by atoms with E-state index in [1.54, 1.807) is 0 Å². The number of aromatic nitrogens is 3. The Labute approximate surface area is 126 Å². The maximum absolute atomic E-state index is 6.15. The summed E-state index contributed by atoms with van der Waals surface area (Å²) < 4.78 is 2.17. The van der Waals surface area contributed by atoms with E-state index in [2.05, 4.69) is 10.3 Å². The van der Waals surface area contributed by atoms with E-state index in [1.165, 1.54) is 0 Å². The van der Waals surface area contributed by atoms with Crippen LogP contribution in [0.5, 0.6) is 0 Å². The van der Waals surface area contributed by atoms with Crippen molar-refractivity contribution in [3.63, 3.8) is 0 Å². The molecule has 0 fully saturated rings. The minimum Gasteiger partial charge on any atom is -0.356 e. The van der Waals surface area contributed by atoms with Gasteiger partial charge in [-0.2, -0.15) is 0 Å². The monoisotopic (exact) mass is 297 g/mol. The Morgan fingerprint density at radius 3 is 2.57 bits per heavy atom. The molecule has 21 heavy (non-hydrogen) atoms. The Morgan fingerprint density at radius 2 is 1.81 bits per heavy atom. The lowest BCUT2D eigenvalue weighted by molar-refractivity contribution is -0.369. The van der Waals surface area contributed by atoms with Crippen molar-refractivity contribution >= 4 is 44.7 Å². The van der Waals surface area contributed by atoms with Crippen LogP contribution in [0.15, 0.2) is 42.5 Å². The highest BCUT2D eigenvalue weighted by Crippen LogP contribution is 2.30. The predicted molar refractivity (Wildman–Crippen MR) is 85.3 cm³/mol. The molecule has 3 N–H and O–H groups in total. The zero-order valence-corrected chi connectivity index (χ0v) is 12.1. The Kier molecular flexibility index (Phi) is 2.80. The molecule has 104 valence electrons. The minimum absolute atomic E-state index is 0.714. The standard InChI is InChI=1S/C16H13ClN4/c17-10-5-6-14-11(9-10)15-16(21(14)8-7-18)20-13-4-2-1-3-12(13)19-15/h1-6,9H,7-8,18H2/p+1. The largest absolute Gasteiger partial charge is 0.356 e. The van der Waals surface area contributed by atoms with Crippen molar-refractivity contribution in [2.75, 3.05) is 6.54 Å². The van der Waals surface area contributed by atoms with Crippen molar-refractivity contribution in [1.29, 1.82) is 0 Å². The summed E-state index contributed by atoms with van der Waals surface area (Å²) in [6.45, 7) is 1.62. The summed E-state index contributed by atoms with van der Waals surface area (Å²) in [4.78, 5) is 9.58. The molecule has 5 heteroatoms. The van der Waals surface area contributed by atoms with Gasteiger partial charge in [-0.3, -0.25) is 0 Å². The number of rotatable bonds is 2. The summed E-state index contributed by atoms with van der Waals surface area (Å²) in [6.07, 6.45) is 0. The molecular weight excluding hydrogens is 284 g/mol. The van der Waals surface area contributed by atoms with E-state index in [9.17, 15) is 0 Å². The number of hydrogen-bond acceptors (Lipinski definition) is 2. The summed E-state index contributed by atoms with van der Waals surface area (Å²) >= 11 is 6.15. The fourth-order valence-corrected chi connectivity index (χ4v) is 2.96. The molecule has 4 aromatic rings. The SMILES string of the molecule is [NH3+]CCn1c2ccc(Cl)cc2c2nc3ccccc3nc21. The fourth-order valence-electron chi connectivity index (χ4n) is 2.79. The van der Waals surface area contributed by atoms with Gasteiger partial charge in [0.2, 0.25) is 0 Å². The van der Waals surface area contributed by atoms with Crippen LogP contribution in [0.25, 0.3) is 33.1 Å². The van der Waals surface area contributed by atoms with E-state index in [-0.39, 0.29) is 0 Å². The van der Waals surface area contributed by atoms with Crippen LogP contribution < -0.4 is 5.73 Å². The number of nitrogens with zero attached hydrogens (tertiary/aromatic N) is 3. The number of halogens is 1. The summed E-state index contributed by atoms with van der Waals surface area (Å²) in [5, 5.41) is 1.76. The quantitative estimate of drug-likeness (QED) is 0.618. The lowest BCUT2D eigenvalue weighted by Gasteiger charge is -2.03. The van der Waals surface area contributed by atoms with Gasteiger partial charge in [0.1, 0.15) is 5.52 Å². The molecule has 0 aliphatic heterocycles. The lowest BCUT2D eigenvalue weighted by Crippen LogP contribution is -2.51. The van der Waals surface area contributed by atoms with Gasteiger partial charge >= 0.3 is 0 Å². The van der Waals surface area contributed by atoms with Gasteiger partial charge in [0.05, 0.1) is 29.6 Å². The first kappa shape index (κ1) is 12.6. The number of para-hydroxylation sites is 2. The van der Waals surface area contributed by atoms with Crippen LogP contribution in [-0.4, -0.2) is 21.1 Å². The second kappa shape index (κ2) is 4.69. The first-order valence-electron chi connectivity index (χ1n) is 6.91. The van der Waals surface area contributed by atoms with E-state index in [0.29, 0.717) is 5.02 Å². The van der Waals surface area contributed by atoms with Crippen molar-refractivity contribution in [2.45, 2.75) is 6.54 Å². The van der Waals surface area contributed by atoms with Gasteiger partial charge in [0, 0.05) is 10.4 Å². The van der Waals surface area contributed by atoms with Crippen LogP contribution in [0.3, 0.4) is 0 Å². The minimum atomic E-state index is 0.714. The Morgan fingerprint density at radius 1 is 1.05 bits per heavy atom. The van der Waals surface area contributed by atoms with Gasteiger partial charge in [0.25, 0.3) is 0 Å². The fraction of sp³-hybridized carbons (Fsp3) is 0.125. The van der Waals surface area contributed by atoms with Gasteiger partial charge in [-0.25, -0.2) is 9.97 Å². The van der Waals surface area contributed by atoms with E-state index in [1.807, 2.05) is 42.5 Å². The molecule has 0 saturated heterocycles. The first-order valence-corrected chi connectivity index (χ1v) is 7.29. The molecule has 0 aliphatic carbocycles. The van der Waals surface area contributed by atoms with Gasteiger partial charge < -0.3 is 10.3 Å². The van der Waals surface area contributed by atoms with Crippen molar-refractivity contribution in [3.05, 3.63) is 47.5 Å². The van der Waals surface area contributed by atoms with Crippen molar-refractivity contribution < 1.29 is 5.73 Å². The van der Waals surface area contributed by atoms with Gasteiger partial charge in [-0.05, 0) is 30.3 Å². The number of hydrogen-bond donors (Lipinski definition) is 1. The highest BCUT2D eigenvalue weighted by molar-refractivity contribution is 6.31. The average Bonchev–Trinajstić information content (AvgIpc) is 2.79.